The first-order valence-corrected chi connectivity index (χ1v) is 8.18. The topological polar surface area (TPSA) is 103 Å². The maximum Gasteiger partial charge on any atom is 0.407 e. The van der Waals surface area contributed by atoms with Gasteiger partial charge in [0.15, 0.2) is 0 Å². The van der Waals surface area contributed by atoms with Gasteiger partial charge in [0.05, 0.1) is 11.5 Å². The third-order valence-electron chi connectivity index (χ3n) is 3.23. The summed E-state index contributed by atoms with van der Waals surface area (Å²) in [4.78, 5) is 22.3. The fourth-order valence-electron chi connectivity index (χ4n) is 2.23. The number of nitrogens with one attached hydrogen (secondary N) is 2. The van der Waals surface area contributed by atoms with Crippen molar-refractivity contribution in [2.24, 2.45) is 0 Å². The minimum absolute atomic E-state index is 0.0236. The molecular formula is C17H27N3O5. The summed E-state index contributed by atoms with van der Waals surface area (Å²) >= 11 is 0. The van der Waals surface area contributed by atoms with Crippen LogP contribution in [-0.4, -0.2) is 42.9 Å². The molecule has 25 heavy (non-hydrogen) atoms. The van der Waals surface area contributed by atoms with Gasteiger partial charge in [-0.2, -0.15) is 0 Å². The molecule has 0 aliphatic heterocycles. The number of benzene rings is 1. The number of anilines is 1. The highest BCUT2D eigenvalue weighted by molar-refractivity contribution is 5.67. The molecule has 1 rings (SSSR count). The van der Waals surface area contributed by atoms with E-state index < -0.39 is 16.6 Å². The number of carbonyl (C=O) groups is 1. The summed E-state index contributed by atoms with van der Waals surface area (Å²) in [6, 6.07) is 6.38. The first kappa shape index (κ1) is 20.7. The van der Waals surface area contributed by atoms with Crippen LogP contribution in [-0.2, 0) is 9.47 Å². The third kappa shape index (κ3) is 8.35. The molecule has 140 valence electrons. The minimum Gasteiger partial charge on any atom is -0.444 e. The number of amides is 1. The maximum atomic E-state index is 11.6. The Hall–Kier alpha value is -2.35. The van der Waals surface area contributed by atoms with Crippen molar-refractivity contribution in [2.45, 2.75) is 45.3 Å². The highest BCUT2D eigenvalue weighted by atomic mass is 16.6. The van der Waals surface area contributed by atoms with E-state index in [0.29, 0.717) is 31.7 Å². The van der Waals surface area contributed by atoms with Crippen molar-refractivity contribution in [1.82, 2.24) is 5.32 Å². The van der Waals surface area contributed by atoms with Crippen LogP contribution in [0.3, 0.4) is 0 Å². The molecule has 0 aliphatic rings. The molecule has 8 heteroatoms. The summed E-state index contributed by atoms with van der Waals surface area (Å²) in [5.41, 5.74) is -0.0543. The molecule has 0 saturated carbocycles. The number of ether oxygens (including phenoxy) is 2. The Kier molecular flexibility index (Phi) is 8.13. The summed E-state index contributed by atoms with van der Waals surface area (Å²) in [5, 5.41) is 16.9. The lowest BCUT2D eigenvalue weighted by molar-refractivity contribution is -0.384. The van der Waals surface area contributed by atoms with Crippen LogP contribution < -0.4 is 10.6 Å². The van der Waals surface area contributed by atoms with Crippen molar-refractivity contribution in [3.8, 4) is 0 Å². The highest BCUT2D eigenvalue weighted by Crippen LogP contribution is 2.24. The Labute approximate surface area is 148 Å². The molecule has 0 bridgehead atoms. The van der Waals surface area contributed by atoms with Gasteiger partial charge in [-0.15, -0.1) is 0 Å². The van der Waals surface area contributed by atoms with Crippen LogP contribution in [0.4, 0.5) is 16.2 Å². The van der Waals surface area contributed by atoms with E-state index in [4.69, 9.17) is 9.47 Å². The zero-order valence-corrected chi connectivity index (χ0v) is 15.2. The summed E-state index contributed by atoms with van der Waals surface area (Å²) in [6.07, 6.45) is 0.902. The second-order valence-electron chi connectivity index (χ2n) is 6.64. The van der Waals surface area contributed by atoms with E-state index in [2.05, 4.69) is 10.6 Å². The maximum absolute atomic E-state index is 11.6. The smallest absolute Gasteiger partial charge is 0.407 e. The van der Waals surface area contributed by atoms with Crippen LogP contribution in [0.5, 0.6) is 0 Å². The van der Waals surface area contributed by atoms with Crippen molar-refractivity contribution in [3.63, 3.8) is 0 Å². The molecule has 0 aliphatic carbocycles. The third-order valence-corrected chi connectivity index (χ3v) is 3.23. The number of hydrogen-bond donors (Lipinski definition) is 2. The van der Waals surface area contributed by atoms with E-state index in [1.54, 1.807) is 46.1 Å². The number of carbonyl (C=O) groups excluding carboxylic acids is 1. The lowest BCUT2D eigenvalue weighted by Crippen LogP contribution is -2.34. The Balaban J connectivity index is 2.50. The zero-order valence-electron chi connectivity index (χ0n) is 15.2. The minimum atomic E-state index is -0.531. The molecule has 0 spiro atoms. The number of nitrogens with zero attached hydrogens (tertiary/aromatic N) is 1. The predicted octanol–water partition coefficient (Wildman–Crippen LogP) is 3.33. The monoisotopic (exact) mass is 353 g/mol. The van der Waals surface area contributed by atoms with Crippen molar-refractivity contribution in [1.29, 1.82) is 0 Å². The molecular weight excluding hydrogens is 326 g/mol. The van der Waals surface area contributed by atoms with Crippen LogP contribution in [0.2, 0.25) is 0 Å². The molecule has 1 amide bonds. The molecule has 0 aromatic heterocycles. The van der Waals surface area contributed by atoms with E-state index in [1.807, 2.05) is 0 Å². The van der Waals surface area contributed by atoms with Crippen LogP contribution in [0.1, 0.15) is 33.6 Å². The largest absolute Gasteiger partial charge is 0.444 e. The quantitative estimate of drug-likeness (QED) is 0.401. The van der Waals surface area contributed by atoms with Gasteiger partial charge in [-0.25, -0.2) is 4.79 Å². The van der Waals surface area contributed by atoms with E-state index in [-0.39, 0.29) is 11.7 Å². The van der Waals surface area contributed by atoms with Gasteiger partial charge < -0.3 is 20.1 Å². The number of nitro groups is 1. The van der Waals surface area contributed by atoms with E-state index in [1.165, 1.54) is 6.07 Å². The standard InChI is InChI=1S/C17H27N3O5/c1-17(2,3)25-16(21)18-11-7-8-13(12-24-4)19-14-9-5-6-10-15(14)20(22)23/h5-6,9-10,13,19H,7-8,11-12H2,1-4H3,(H,18,21). The normalized spacial score (nSPS) is 12.3. The number of hydrogen-bond acceptors (Lipinski definition) is 6. The van der Waals surface area contributed by atoms with Crippen molar-refractivity contribution < 1.29 is 19.2 Å². The van der Waals surface area contributed by atoms with Gasteiger partial charge >= 0.3 is 6.09 Å². The average Bonchev–Trinajstić information content (AvgIpc) is 2.50. The summed E-state index contributed by atoms with van der Waals surface area (Å²) in [7, 11) is 1.58. The van der Waals surface area contributed by atoms with E-state index in [9.17, 15) is 14.9 Å². The Morgan fingerprint density at radius 1 is 1.32 bits per heavy atom. The van der Waals surface area contributed by atoms with Gasteiger partial charge in [-0.05, 0) is 39.7 Å². The second kappa shape index (κ2) is 9.83. The molecule has 8 nitrogen and oxygen atoms in total. The van der Waals surface area contributed by atoms with Crippen LogP contribution in [0.15, 0.2) is 24.3 Å². The van der Waals surface area contributed by atoms with Crippen LogP contribution in [0.25, 0.3) is 0 Å². The molecule has 2 N–H and O–H groups in total. The van der Waals surface area contributed by atoms with Gasteiger partial charge in [0, 0.05) is 25.8 Å². The Morgan fingerprint density at radius 2 is 2.00 bits per heavy atom. The second-order valence-corrected chi connectivity index (χ2v) is 6.64. The highest BCUT2D eigenvalue weighted by Gasteiger charge is 2.18. The number of para-hydroxylation sites is 2. The first-order valence-electron chi connectivity index (χ1n) is 8.18. The van der Waals surface area contributed by atoms with Gasteiger partial charge in [0.25, 0.3) is 5.69 Å². The molecule has 0 heterocycles. The van der Waals surface area contributed by atoms with Crippen molar-refractivity contribution >= 4 is 17.5 Å². The number of alkyl carbamates (subject to hydrolysis) is 1. The van der Waals surface area contributed by atoms with Crippen molar-refractivity contribution in [2.75, 3.05) is 25.6 Å². The molecule has 1 atom stereocenters. The Morgan fingerprint density at radius 3 is 2.60 bits per heavy atom. The average molecular weight is 353 g/mol. The number of methoxy groups -OCH3 is 1. The number of rotatable bonds is 9. The van der Waals surface area contributed by atoms with E-state index in [0.717, 1.165) is 0 Å². The summed E-state index contributed by atoms with van der Waals surface area (Å²) < 4.78 is 10.3. The van der Waals surface area contributed by atoms with Gasteiger partial charge in [-0.3, -0.25) is 10.1 Å². The summed E-state index contributed by atoms with van der Waals surface area (Å²) in [5.74, 6) is 0. The van der Waals surface area contributed by atoms with Gasteiger partial charge in [-0.1, -0.05) is 12.1 Å². The lowest BCUT2D eigenvalue weighted by atomic mass is 10.1. The number of nitro benzene ring substituents is 1. The molecule has 1 aromatic rings. The molecule has 0 saturated heterocycles. The zero-order chi connectivity index (χ0) is 18.9. The van der Waals surface area contributed by atoms with Gasteiger partial charge in [0.2, 0.25) is 0 Å². The fourth-order valence-corrected chi connectivity index (χ4v) is 2.23. The molecule has 1 unspecified atom stereocenters. The lowest BCUT2D eigenvalue weighted by Gasteiger charge is -2.21. The predicted molar refractivity (Wildman–Crippen MR) is 95.9 cm³/mol. The van der Waals surface area contributed by atoms with Crippen LogP contribution >= 0.6 is 0 Å². The SMILES string of the molecule is COCC(CCCNC(=O)OC(C)(C)C)Nc1ccccc1[N+](=O)[O-]. The van der Waals surface area contributed by atoms with E-state index >= 15 is 0 Å². The van der Waals surface area contributed by atoms with Crippen LogP contribution in [0, 0.1) is 10.1 Å². The summed E-state index contributed by atoms with van der Waals surface area (Å²) in [6.45, 7) is 6.26. The molecule has 1 aromatic carbocycles. The molecule has 0 radical (unpaired) electrons. The van der Waals surface area contributed by atoms with Crippen molar-refractivity contribution in [3.05, 3.63) is 34.4 Å². The Bertz CT molecular complexity index is 572. The molecule has 0 fully saturated rings. The first-order chi connectivity index (χ1) is 11.7. The fraction of sp³-hybridized carbons (Fsp3) is 0.588. The van der Waals surface area contributed by atoms with Gasteiger partial charge in [0.1, 0.15) is 11.3 Å².